The van der Waals surface area contributed by atoms with E-state index in [1.165, 1.54) is 38.4 Å². The minimum absolute atomic E-state index is 0.146. The van der Waals surface area contributed by atoms with Gasteiger partial charge in [-0.2, -0.15) is 0 Å². The molecule has 1 heterocycles. The van der Waals surface area contributed by atoms with Crippen LogP contribution >= 0.6 is 0 Å². The van der Waals surface area contributed by atoms with Gasteiger partial charge in [0.15, 0.2) is 0 Å². The van der Waals surface area contributed by atoms with E-state index in [0.29, 0.717) is 22.7 Å². The summed E-state index contributed by atoms with van der Waals surface area (Å²) >= 11 is 0. The molecule has 33 heavy (non-hydrogen) atoms. The lowest BCUT2D eigenvalue weighted by atomic mass is 10.1. The van der Waals surface area contributed by atoms with Gasteiger partial charge in [-0.15, -0.1) is 0 Å². The standard InChI is InChI=1S/C23H25N3O7/c1-31-12-11-25-19(14-20(27)24-16-9-7-15(8-10-16)22(29)33-3)21(28)26(23(25)30)17-5-4-6-18(13-17)32-2/h4-10,13,19H,11-12,14H2,1-3H3,(H,24,27)/t19-/m1/s1. The Kier molecular flexibility index (Phi) is 7.62. The van der Waals surface area contributed by atoms with E-state index in [1.807, 2.05) is 0 Å². The van der Waals surface area contributed by atoms with Gasteiger partial charge in [0.2, 0.25) is 5.91 Å². The van der Waals surface area contributed by atoms with E-state index in [-0.39, 0.29) is 19.6 Å². The normalized spacial score (nSPS) is 15.5. The molecule has 0 unspecified atom stereocenters. The van der Waals surface area contributed by atoms with Gasteiger partial charge < -0.3 is 24.4 Å². The molecule has 0 radical (unpaired) electrons. The molecule has 1 atom stereocenters. The zero-order chi connectivity index (χ0) is 24.0. The summed E-state index contributed by atoms with van der Waals surface area (Å²) in [5, 5.41) is 2.69. The summed E-state index contributed by atoms with van der Waals surface area (Å²) in [6.45, 7) is 0.353. The van der Waals surface area contributed by atoms with Crippen LogP contribution in [0.3, 0.4) is 0 Å². The molecular weight excluding hydrogens is 430 g/mol. The van der Waals surface area contributed by atoms with Crippen LogP contribution in [-0.4, -0.2) is 69.2 Å². The van der Waals surface area contributed by atoms with E-state index in [9.17, 15) is 19.2 Å². The van der Waals surface area contributed by atoms with E-state index >= 15 is 0 Å². The molecule has 1 saturated heterocycles. The lowest BCUT2D eigenvalue weighted by Crippen LogP contribution is -2.39. The maximum absolute atomic E-state index is 13.2. The molecule has 10 heteroatoms. The Hall–Kier alpha value is -3.92. The summed E-state index contributed by atoms with van der Waals surface area (Å²) in [5.41, 5.74) is 1.14. The van der Waals surface area contributed by atoms with Crippen LogP contribution in [0, 0.1) is 0 Å². The first-order valence-corrected chi connectivity index (χ1v) is 10.2. The number of nitrogens with one attached hydrogen (secondary N) is 1. The largest absolute Gasteiger partial charge is 0.497 e. The van der Waals surface area contributed by atoms with E-state index in [4.69, 9.17) is 9.47 Å². The van der Waals surface area contributed by atoms with Crippen molar-refractivity contribution in [3.8, 4) is 5.75 Å². The fourth-order valence-corrected chi connectivity index (χ4v) is 3.46. The van der Waals surface area contributed by atoms with Crippen molar-refractivity contribution in [2.45, 2.75) is 12.5 Å². The molecule has 0 bridgehead atoms. The third kappa shape index (κ3) is 5.29. The highest BCUT2D eigenvalue weighted by Crippen LogP contribution is 2.29. The number of amides is 4. The third-order valence-corrected chi connectivity index (χ3v) is 5.13. The molecule has 1 N–H and O–H groups in total. The molecular formula is C23H25N3O7. The van der Waals surface area contributed by atoms with E-state index in [1.54, 1.807) is 36.4 Å². The maximum atomic E-state index is 13.2. The summed E-state index contributed by atoms with van der Waals surface area (Å²) in [6.07, 6.45) is -0.243. The zero-order valence-corrected chi connectivity index (χ0v) is 18.6. The van der Waals surface area contributed by atoms with Crippen LogP contribution in [0.25, 0.3) is 0 Å². The Labute approximate surface area is 191 Å². The van der Waals surface area contributed by atoms with E-state index in [2.05, 4.69) is 10.1 Å². The van der Waals surface area contributed by atoms with Crippen molar-refractivity contribution in [1.29, 1.82) is 0 Å². The average molecular weight is 455 g/mol. The zero-order valence-electron chi connectivity index (χ0n) is 18.6. The SMILES string of the molecule is COCCN1C(=O)N(c2cccc(OC)c2)C(=O)[C@H]1CC(=O)Nc1ccc(C(=O)OC)cc1. The number of rotatable bonds is 9. The monoisotopic (exact) mass is 455 g/mol. The smallest absolute Gasteiger partial charge is 0.337 e. The number of ether oxygens (including phenoxy) is 3. The first-order valence-electron chi connectivity index (χ1n) is 10.2. The molecule has 4 amide bonds. The van der Waals surface area contributed by atoms with Gasteiger partial charge in [-0.25, -0.2) is 14.5 Å². The fourth-order valence-electron chi connectivity index (χ4n) is 3.46. The quantitative estimate of drug-likeness (QED) is 0.456. The molecule has 0 saturated carbocycles. The van der Waals surface area contributed by atoms with Gasteiger partial charge in [-0.1, -0.05) is 6.07 Å². The molecule has 2 aromatic rings. The van der Waals surface area contributed by atoms with Crippen LogP contribution in [0.1, 0.15) is 16.8 Å². The number of esters is 1. The lowest BCUT2D eigenvalue weighted by molar-refractivity contribution is -0.124. The van der Waals surface area contributed by atoms with Gasteiger partial charge in [-0.05, 0) is 36.4 Å². The first-order chi connectivity index (χ1) is 15.9. The summed E-state index contributed by atoms with van der Waals surface area (Å²) in [5.74, 6) is -0.968. The van der Waals surface area contributed by atoms with Gasteiger partial charge in [0, 0.05) is 25.4 Å². The van der Waals surface area contributed by atoms with Crippen LogP contribution in [0.5, 0.6) is 5.75 Å². The predicted octanol–water partition coefficient (Wildman–Crippen LogP) is 2.29. The molecule has 10 nitrogen and oxygen atoms in total. The predicted molar refractivity (Wildman–Crippen MR) is 119 cm³/mol. The second kappa shape index (κ2) is 10.6. The van der Waals surface area contributed by atoms with Crippen LogP contribution < -0.4 is 15.0 Å². The Morgan fingerprint density at radius 2 is 1.76 bits per heavy atom. The highest BCUT2D eigenvalue weighted by molar-refractivity contribution is 6.22. The van der Waals surface area contributed by atoms with Gasteiger partial charge in [0.25, 0.3) is 5.91 Å². The number of methoxy groups -OCH3 is 3. The number of carbonyl (C=O) groups excluding carboxylic acids is 4. The number of hydrogen-bond donors (Lipinski definition) is 1. The van der Waals surface area contributed by atoms with E-state index in [0.717, 1.165) is 4.90 Å². The van der Waals surface area contributed by atoms with Gasteiger partial charge >= 0.3 is 12.0 Å². The first kappa shape index (κ1) is 23.7. The van der Waals surface area contributed by atoms with Crippen LogP contribution in [0.2, 0.25) is 0 Å². The van der Waals surface area contributed by atoms with Crippen molar-refractivity contribution in [2.24, 2.45) is 0 Å². The molecule has 1 aliphatic rings. The number of carbonyl (C=O) groups is 4. The highest BCUT2D eigenvalue weighted by atomic mass is 16.5. The summed E-state index contributed by atoms with van der Waals surface area (Å²) < 4.78 is 14.9. The summed E-state index contributed by atoms with van der Waals surface area (Å²) in [4.78, 5) is 52.9. The van der Waals surface area contributed by atoms with Crippen LogP contribution in [0.4, 0.5) is 16.2 Å². The number of imide groups is 1. The van der Waals surface area contributed by atoms with Crippen molar-refractivity contribution in [3.05, 3.63) is 54.1 Å². The third-order valence-electron chi connectivity index (χ3n) is 5.13. The molecule has 0 aliphatic carbocycles. The Balaban J connectivity index is 1.77. The number of benzene rings is 2. The van der Waals surface area contributed by atoms with Gasteiger partial charge in [-0.3, -0.25) is 9.59 Å². The topological polar surface area (TPSA) is 114 Å². The van der Waals surface area contributed by atoms with Gasteiger partial charge in [0.05, 0.1) is 38.5 Å². The second-order valence-corrected chi connectivity index (χ2v) is 7.18. The number of anilines is 2. The maximum Gasteiger partial charge on any atom is 0.337 e. The van der Waals surface area contributed by atoms with Gasteiger partial charge in [0.1, 0.15) is 11.8 Å². The molecule has 1 aliphatic heterocycles. The van der Waals surface area contributed by atoms with E-state index < -0.39 is 29.9 Å². The highest BCUT2D eigenvalue weighted by Gasteiger charge is 2.46. The van der Waals surface area contributed by atoms with Crippen molar-refractivity contribution < 1.29 is 33.4 Å². The second-order valence-electron chi connectivity index (χ2n) is 7.18. The number of nitrogens with zero attached hydrogens (tertiary/aromatic N) is 2. The molecule has 0 spiro atoms. The number of urea groups is 1. The Morgan fingerprint density at radius 3 is 2.39 bits per heavy atom. The molecule has 1 fully saturated rings. The Morgan fingerprint density at radius 1 is 1.03 bits per heavy atom. The van der Waals surface area contributed by atoms with Crippen molar-refractivity contribution in [2.75, 3.05) is 44.7 Å². The summed E-state index contributed by atoms with van der Waals surface area (Å²) in [7, 11) is 4.26. The molecule has 3 rings (SSSR count). The average Bonchev–Trinajstić information content (AvgIpc) is 3.06. The minimum Gasteiger partial charge on any atom is -0.497 e. The summed E-state index contributed by atoms with van der Waals surface area (Å²) in [6, 6.07) is 11.2. The Bertz CT molecular complexity index is 1040. The lowest BCUT2D eigenvalue weighted by Gasteiger charge is -2.21. The fraction of sp³-hybridized carbons (Fsp3) is 0.304. The van der Waals surface area contributed by atoms with Crippen LogP contribution in [0.15, 0.2) is 48.5 Å². The van der Waals surface area contributed by atoms with Crippen LogP contribution in [-0.2, 0) is 19.1 Å². The molecule has 2 aromatic carbocycles. The van der Waals surface area contributed by atoms with Crippen molar-refractivity contribution in [1.82, 2.24) is 4.90 Å². The molecule has 174 valence electrons. The van der Waals surface area contributed by atoms with Crippen molar-refractivity contribution >= 4 is 35.2 Å². The molecule has 0 aromatic heterocycles. The number of hydrogen-bond acceptors (Lipinski definition) is 7. The van der Waals surface area contributed by atoms with Crippen molar-refractivity contribution in [3.63, 3.8) is 0 Å². The minimum atomic E-state index is -0.992.